The summed E-state index contributed by atoms with van der Waals surface area (Å²) in [7, 11) is 1.65. The Morgan fingerprint density at radius 1 is 1.28 bits per heavy atom. The fraction of sp³-hybridized carbons (Fsp3) is 0.316. The van der Waals surface area contributed by atoms with E-state index in [2.05, 4.69) is 11.5 Å². The Kier molecular flexibility index (Phi) is 3.91. The van der Waals surface area contributed by atoms with E-state index in [4.69, 9.17) is 22.7 Å². The van der Waals surface area contributed by atoms with Crippen LogP contribution in [-0.2, 0) is 12.1 Å². The number of hydrogen-bond donors (Lipinski definition) is 3. The zero-order valence-corrected chi connectivity index (χ0v) is 14.8. The Bertz CT molecular complexity index is 811. The Labute approximate surface area is 152 Å². The van der Waals surface area contributed by atoms with Gasteiger partial charge in [0.05, 0.1) is 13.2 Å². The summed E-state index contributed by atoms with van der Waals surface area (Å²) in [6, 6.07) is 15.8. The highest BCUT2D eigenvalue weighted by Crippen LogP contribution is 2.51. The van der Waals surface area contributed by atoms with Gasteiger partial charge in [-0.05, 0) is 48.3 Å². The molecule has 0 amide bonds. The first-order valence-electron chi connectivity index (χ1n) is 8.36. The van der Waals surface area contributed by atoms with E-state index < -0.39 is 5.72 Å². The minimum atomic E-state index is -1.24. The van der Waals surface area contributed by atoms with E-state index in [0.717, 1.165) is 35.3 Å². The predicted octanol–water partition coefficient (Wildman–Crippen LogP) is 2.21. The number of ether oxygens (including phenoxy) is 1. The lowest BCUT2D eigenvalue weighted by Crippen LogP contribution is -2.54. The molecule has 130 valence electrons. The van der Waals surface area contributed by atoms with Gasteiger partial charge in [0.2, 0.25) is 0 Å². The maximum atomic E-state index is 11.7. The van der Waals surface area contributed by atoms with E-state index in [-0.39, 0.29) is 17.1 Å². The summed E-state index contributed by atoms with van der Waals surface area (Å²) in [5.74, 6) is 0.745. The summed E-state index contributed by atoms with van der Waals surface area (Å²) in [6.07, 6.45) is 1.76. The Morgan fingerprint density at radius 2 is 2.00 bits per heavy atom. The number of rotatable bonds is 2. The van der Waals surface area contributed by atoms with Crippen LogP contribution in [0.15, 0.2) is 48.5 Å². The number of aryl methyl sites for hydroxylation is 1. The third kappa shape index (κ3) is 2.40. The molecule has 4 rings (SSSR count). The third-order valence-corrected chi connectivity index (χ3v) is 5.54. The van der Waals surface area contributed by atoms with E-state index in [0.29, 0.717) is 0 Å². The monoisotopic (exact) mass is 355 g/mol. The van der Waals surface area contributed by atoms with Crippen LogP contribution in [0.25, 0.3) is 0 Å². The molecule has 1 heterocycles. The van der Waals surface area contributed by atoms with Crippen molar-refractivity contribution in [2.24, 2.45) is 11.7 Å². The van der Waals surface area contributed by atoms with Crippen LogP contribution in [0, 0.1) is 5.92 Å². The minimum absolute atomic E-state index is 0.0581. The second-order valence-electron chi connectivity index (χ2n) is 6.58. The van der Waals surface area contributed by atoms with Crippen molar-refractivity contribution in [3.8, 4) is 5.75 Å². The topological polar surface area (TPSA) is 70.8 Å². The van der Waals surface area contributed by atoms with Crippen molar-refractivity contribution in [3.05, 3.63) is 65.2 Å². The average Bonchev–Trinajstić information content (AvgIpc) is 2.95. The maximum absolute atomic E-state index is 11.7. The molecule has 1 aliphatic heterocycles. The van der Waals surface area contributed by atoms with Crippen molar-refractivity contribution in [1.82, 2.24) is 10.4 Å². The van der Waals surface area contributed by atoms with Gasteiger partial charge in [-0.1, -0.05) is 36.4 Å². The number of nitrogens with two attached hydrogens (primary N) is 1. The molecule has 0 bridgehead atoms. The van der Waals surface area contributed by atoms with Crippen molar-refractivity contribution in [1.29, 1.82) is 0 Å². The number of nitrogens with zero attached hydrogens (tertiary/aromatic N) is 1. The van der Waals surface area contributed by atoms with Crippen LogP contribution < -0.4 is 15.9 Å². The maximum Gasteiger partial charge on any atom is 0.185 e. The fourth-order valence-electron chi connectivity index (χ4n) is 4.17. The largest absolute Gasteiger partial charge is 0.497 e. The van der Waals surface area contributed by atoms with Gasteiger partial charge in [0, 0.05) is 11.5 Å². The highest BCUT2D eigenvalue weighted by atomic mass is 32.1. The highest BCUT2D eigenvalue weighted by molar-refractivity contribution is 7.80. The molecule has 0 radical (unpaired) electrons. The van der Waals surface area contributed by atoms with E-state index >= 15 is 0 Å². The lowest BCUT2D eigenvalue weighted by atomic mass is 9.73. The van der Waals surface area contributed by atoms with Crippen LogP contribution in [-0.4, -0.2) is 22.3 Å². The summed E-state index contributed by atoms with van der Waals surface area (Å²) in [5, 5.41) is 13.4. The van der Waals surface area contributed by atoms with Crippen molar-refractivity contribution in [2.45, 2.75) is 24.6 Å². The van der Waals surface area contributed by atoms with Crippen LogP contribution in [0.3, 0.4) is 0 Å². The van der Waals surface area contributed by atoms with Crippen LogP contribution >= 0.6 is 12.2 Å². The lowest BCUT2D eigenvalue weighted by Gasteiger charge is -2.41. The van der Waals surface area contributed by atoms with Gasteiger partial charge in [0.15, 0.2) is 10.8 Å². The number of hydrazine groups is 1. The van der Waals surface area contributed by atoms with Crippen LogP contribution in [0.1, 0.15) is 29.2 Å². The molecule has 5 nitrogen and oxygen atoms in total. The van der Waals surface area contributed by atoms with Gasteiger partial charge in [0.1, 0.15) is 5.75 Å². The first-order chi connectivity index (χ1) is 12.1. The van der Waals surface area contributed by atoms with Gasteiger partial charge >= 0.3 is 0 Å². The average molecular weight is 355 g/mol. The molecule has 0 spiro atoms. The molecule has 1 saturated heterocycles. The molecule has 2 aliphatic rings. The van der Waals surface area contributed by atoms with Crippen molar-refractivity contribution in [3.63, 3.8) is 0 Å². The first-order valence-corrected chi connectivity index (χ1v) is 8.77. The molecule has 2 aromatic carbocycles. The molecule has 25 heavy (non-hydrogen) atoms. The van der Waals surface area contributed by atoms with Gasteiger partial charge < -0.3 is 15.6 Å². The highest BCUT2D eigenvalue weighted by Gasteiger charge is 2.57. The molecule has 1 fully saturated rings. The van der Waals surface area contributed by atoms with E-state index in [1.165, 1.54) is 0 Å². The smallest absolute Gasteiger partial charge is 0.185 e. The molecule has 3 unspecified atom stereocenters. The van der Waals surface area contributed by atoms with Gasteiger partial charge in [-0.15, -0.1) is 0 Å². The molecule has 2 aromatic rings. The van der Waals surface area contributed by atoms with Crippen molar-refractivity contribution < 1.29 is 9.84 Å². The third-order valence-electron chi connectivity index (χ3n) is 5.36. The van der Waals surface area contributed by atoms with E-state index in [9.17, 15) is 5.11 Å². The molecule has 0 saturated carbocycles. The summed E-state index contributed by atoms with van der Waals surface area (Å²) in [6.45, 7) is 0. The van der Waals surface area contributed by atoms with Gasteiger partial charge in [-0.2, -0.15) is 0 Å². The molecule has 6 heteroatoms. The van der Waals surface area contributed by atoms with Crippen LogP contribution in [0.4, 0.5) is 0 Å². The molecular formula is C19H21N3O2S. The number of nitrogens with one attached hydrogen (secondary N) is 1. The molecule has 3 atom stereocenters. The van der Waals surface area contributed by atoms with Crippen molar-refractivity contribution >= 4 is 17.3 Å². The number of aliphatic hydroxyl groups is 1. The minimum Gasteiger partial charge on any atom is -0.497 e. The summed E-state index contributed by atoms with van der Waals surface area (Å²) < 4.78 is 5.24. The fourth-order valence-corrected chi connectivity index (χ4v) is 4.36. The number of hydrogen-bond acceptors (Lipinski definition) is 4. The number of thiocarbonyl (C=S) groups is 1. The van der Waals surface area contributed by atoms with E-state index in [1.807, 2.05) is 42.5 Å². The quantitative estimate of drug-likeness (QED) is 0.718. The van der Waals surface area contributed by atoms with Gasteiger partial charge in [0.25, 0.3) is 0 Å². The second kappa shape index (κ2) is 5.98. The van der Waals surface area contributed by atoms with E-state index in [1.54, 1.807) is 12.1 Å². The summed E-state index contributed by atoms with van der Waals surface area (Å²) >= 11 is 5.23. The summed E-state index contributed by atoms with van der Waals surface area (Å²) in [4.78, 5) is 0. The zero-order valence-electron chi connectivity index (χ0n) is 14.0. The second-order valence-corrected chi connectivity index (χ2v) is 7.00. The van der Waals surface area contributed by atoms with Gasteiger partial charge in [-0.3, -0.25) is 0 Å². The Balaban J connectivity index is 1.80. The molecule has 1 aliphatic carbocycles. The van der Waals surface area contributed by atoms with Gasteiger partial charge in [-0.25, -0.2) is 10.4 Å². The first kappa shape index (κ1) is 16.3. The normalized spacial score (nSPS) is 27.5. The van der Waals surface area contributed by atoms with Crippen LogP contribution in [0.5, 0.6) is 5.75 Å². The predicted molar refractivity (Wildman–Crippen MR) is 99.6 cm³/mol. The number of fused-ring (bicyclic) bond motifs is 3. The Hall–Kier alpha value is -2.15. The van der Waals surface area contributed by atoms with Crippen LogP contribution in [0.2, 0.25) is 0 Å². The lowest BCUT2D eigenvalue weighted by molar-refractivity contribution is -0.103. The molecule has 0 aromatic heterocycles. The Morgan fingerprint density at radius 3 is 2.68 bits per heavy atom. The number of methoxy groups -OCH3 is 1. The number of benzene rings is 2. The molecular weight excluding hydrogens is 334 g/mol. The SMILES string of the molecule is COc1ccc(C2NN(C(N)=S)C3(O)c4ccccc4CCC23)cc1. The molecule has 4 N–H and O–H groups in total. The summed E-state index contributed by atoms with van der Waals surface area (Å²) in [5.41, 5.74) is 11.1. The standard InChI is InChI=1S/C19H21N3O2S/c1-24-14-9-6-13(7-10-14)17-16-11-8-12-4-2-3-5-15(12)19(16,23)22(21-17)18(20)25/h2-7,9-10,16-17,21,23H,8,11H2,1H3,(H2,20,25). The zero-order chi connectivity index (χ0) is 17.6. The van der Waals surface area contributed by atoms with Crippen molar-refractivity contribution in [2.75, 3.05) is 7.11 Å².